The molecular formula is C21H31NO5S. The molecule has 1 saturated carbocycles. The highest BCUT2D eigenvalue weighted by atomic mass is 32.2. The number of carbonyl (C=O) groups is 1. The van der Waals surface area contributed by atoms with Crippen molar-refractivity contribution in [1.29, 1.82) is 0 Å². The number of nitrogens with zero attached hydrogens (tertiary/aromatic N) is 1. The van der Waals surface area contributed by atoms with Crippen LogP contribution in [0.2, 0.25) is 0 Å². The van der Waals surface area contributed by atoms with Crippen LogP contribution in [0.5, 0.6) is 5.75 Å². The van der Waals surface area contributed by atoms with Gasteiger partial charge in [0, 0.05) is 12.6 Å². The summed E-state index contributed by atoms with van der Waals surface area (Å²) in [6.07, 6.45) is 8.58. The summed E-state index contributed by atoms with van der Waals surface area (Å²) >= 11 is 0. The van der Waals surface area contributed by atoms with Crippen molar-refractivity contribution >= 4 is 15.8 Å². The zero-order valence-electron chi connectivity index (χ0n) is 16.5. The molecule has 1 aliphatic heterocycles. The third-order valence-electron chi connectivity index (χ3n) is 6.25. The summed E-state index contributed by atoms with van der Waals surface area (Å²) in [6.45, 7) is 0.529. The topological polar surface area (TPSA) is 83.9 Å². The Balaban J connectivity index is 1.76. The molecule has 3 rings (SSSR count). The van der Waals surface area contributed by atoms with Gasteiger partial charge in [0.1, 0.15) is 11.8 Å². The van der Waals surface area contributed by atoms with Crippen LogP contribution < -0.4 is 4.74 Å². The standard InChI is InChI=1S/C21H31NO5S/c1-27-17-9-11-18(12-10-17)28(25,26)19-13-14-22(20(15-19)21(23)24)16-7-5-3-2-4-6-8-16/h9-12,16,19-20H,2-8,13-15H2,1H3,(H,23,24). The van der Waals surface area contributed by atoms with Crippen molar-refractivity contribution in [2.75, 3.05) is 13.7 Å². The number of carboxylic acid groups (broad SMARTS) is 1. The van der Waals surface area contributed by atoms with E-state index in [9.17, 15) is 18.3 Å². The van der Waals surface area contributed by atoms with Crippen LogP contribution in [0.1, 0.15) is 57.8 Å². The van der Waals surface area contributed by atoms with Crippen LogP contribution in [0.4, 0.5) is 0 Å². The first-order valence-corrected chi connectivity index (χ1v) is 11.8. The molecule has 0 bridgehead atoms. The Bertz CT molecular complexity index is 754. The SMILES string of the molecule is COc1ccc(S(=O)(=O)C2CCN(C3CCCCCCC3)C(C(=O)O)C2)cc1. The monoisotopic (exact) mass is 409 g/mol. The highest BCUT2D eigenvalue weighted by molar-refractivity contribution is 7.92. The number of benzene rings is 1. The molecule has 156 valence electrons. The van der Waals surface area contributed by atoms with Gasteiger partial charge in [0.05, 0.1) is 17.3 Å². The number of methoxy groups -OCH3 is 1. The van der Waals surface area contributed by atoms with E-state index in [1.54, 1.807) is 24.3 Å². The van der Waals surface area contributed by atoms with Crippen LogP contribution >= 0.6 is 0 Å². The maximum absolute atomic E-state index is 13.1. The zero-order chi connectivity index (χ0) is 20.1. The second-order valence-corrected chi connectivity index (χ2v) is 10.2. The smallest absolute Gasteiger partial charge is 0.320 e. The second kappa shape index (κ2) is 9.27. The number of rotatable bonds is 5. The molecular weight excluding hydrogens is 378 g/mol. The maximum atomic E-state index is 13.1. The van der Waals surface area contributed by atoms with Gasteiger partial charge in [-0.3, -0.25) is 9.69 Å². The Hall–Kier alpha value is -1.60. The summed E-state index contributed by atoms with van der Waals surface area (Å²) in [5, 5.41) is 9.17. The average molecular weight is 410 g/mol. The van der Waals surface area contributed by atoms with Crippen molar-refractivity contribution in [1.82, 2.24) is 4.90 Å². The molecule has 1 aliphatic carbocycles. The van der Waals surface area contributed by atoms with Gasteiger partial charge in [-0.25, -0.2) is 8.42 Å². The number of piperidine rings is 1. The van der Waals surface area contributed by atoms with E-state index in [0.29, 0.717) is 18.7 Å². The Morgan fingerprint density at radius 3 is 2.21 bits per heavy atom. The van der Waals surface area contributed by atoms with Gasteiger partial charge in [0.2, 0.25) is 0 Å². The van der Waals surface area contributed by atoms with Crippen molar-refractivity contribution in [2.45, 2.75) is 80.0 Å². The number of sulfone groups is 1. The molecule has 2 atom stereocenters. The number of ether oxygens (including phenoxy) is 1. The first-order valence-electron chi connectivity index (χ1n) is 10.3. The Morgan fingerprint density at radius 1 is 1.04 bits per heavy atom. The molecule has 1 aromatic rings. The fraction of sp³-hybridized carbons (Fsp3) is 0.667. The summed E-state index contributed by atoms with van der Waals surface area (Å²) in [5.74, 6) is -0.307. The number of carboxylic acids is 1. The Kier molecular flexibility index (Phi) is 6.99. The molecule has 2 aliphatic rings. The van der Waals surface area contributed by atoms with Crippen LogP contribution in [-0.2, 0) is 14.6 Å². The summed E-state index contributed by atoms with van der Waals surface area (Å²) < 4.78 is 31.3. The third-order valence-corrected chi connectivity index (χ3v) is 8.49. The number of hydrogen-bond donors (Lipinski definition) is 1. The molecule has 28 heavy (non-hydrogen) atoms. The van der Waals surface area contributed by atoms with E-state index in [2.05, 4.69) is 4.90 Å². The molecule has 0 radical (unpaired) electrons. The molecule has 2 unspecified atom stereocenters. The number of hydrogen-bond acceptors (Lipinski definition) is 5. The summed E-state index contributed by atoms with van der Waals surface area (Å²) in [7, 11) is -2.03. The lowest BCUT2D eigenvalue weighted by Gasteiger charge is -2.42. The lowest BCUT2D eigenvalue weighted by atomic mass is 9.91. The molecule has 0 spiro atoms. The minimum Gasteiger partial charge on any atom is -0.497 e. The molecule has 0 aromatic heterocycles. The Labute approximate surface area is 167 Å². The Morgan fingerprint density at radius 2 is 1.64 bits per heavy atom. The second-order valence-electron chi connectivity index (χ2n) is 7.96. The molecule has 0 amide bonds. The maximum Gasteiger partial charge on any atom is 0.320 e. The summed E-state index contributed by atoms with van der Waals surface area (Å²) in [6, 6.07) is 5.88. The fourth-order valence-corrected chi connectivity index (χ4v) is 6.39. The zero-order valence-corrected chi connectivity index (χ0v) is 17.4. The van der Waals surface area contributed by atoms with Crippen LogP contribution in [0, 0.1) is 0 Å². The highest BCUT2D eigenvalue weighted by Crippen LogP contribution is 2.32. The summed E-state index contributed by atoms with van der Waals surface area (Å²) in [4.78, 5) is 14.3. The van der Waals surface area contributed by atoms with Crippen molar-refractivity contribution in [3.63, 3.8) is 0 Å². The predicted molar refractivity (Wildman–Crippen MR) is 107 cm³/mol. The van der Waals surface area contributed by atoms with E-state index in [-0.39, 0.29) is 17.4 Å². The molecule has 1 N–H and O–H groups in total. The fourth-order valence-electron chi connectivity index (χ4n) is 4.64. The molecule has 1 heterocycles. The van der Waals surface area contributed by atoms with Crippen LogP contribution in [0.3, 0.4) is 0 Å². The van der Waals surface area contributed by atoms with E-state index in [1.165, 1.54) is 26.4 Å². The van der Waals surface area contributed by atoms with Crippen LogP contribution in [0.15, 0.2) is 29.2 Å². The van der Waals surface area contributed by atoms with Crippen molar-refractivity contribution in [3.05, 3.63) is 24.3 Å². The van der Waals surface area contributed by atoms with Gasteiger partial charge in [-0.15, -0.1) is 0 Å². The first-order chi connectivity index (χ1) is 13.4. The van der Waals surface area contributed by atoms with E-state index in [0.717, 1.165) is 25.7 Å². The molecule has 7 heteroatoms. The number of aliphatic carboxylic acids is 1. The molecule has 1 saturated heterocycles. The van der Waals surface area contributed by atoms with Gasteiger partial charge in [-0.1, -0.05) is 32.1 Å². The van der Waals surface area contributed by atoms with Crippen molar-refractivity contribution in [3.8, 4) is 5.75 Å². The van der Waals surface area contributed by atoms with Crippen LogP contribution in [0.25, 0.3) is 0 Å². The van der Waals surface area contributed by atoms with Gasteiger partial charge in [0.25, 0.3) is 0 Å². The highest BCUT2D eigenvalue weighted by Gasteiger charge is 2.41. The van der Waals surface area contributed by atoms with E-state index >= 15 is 0 Å². The lowest BCUT2D eigenvalue weighted by molar-refractivity contribution is -0.146. The molecule has 6 nitrogen and oxygen atoms in total. The molecule has 1 aromatic carbocycles. The van der Waals surface area contributed by atoms with Crippen molar-refractivity contribution in [2.24, 2.45) is 0 Å². The van der Waals surface area contributed by atoms with E-state index in [1.807, 2.05) is 0 Å². The minimum atomic E-state index is -3.57. The van der Waals surface area contributed by atoms with E-state index in [4.69, 9.17) is 4.74 Å². The predicted octanol–water partition coefficient (Wildman–Crippen LogP) is 3.50. The third kappa shape index (κ3) is 4.69. The quantitative estimate of drug-likeness (QED) is 0.801. The van der Waals surface area contributed by atoms with Gasteiger partial charge in [-0.05, 0) is 49.9 Å². The van der Waals surface area contributed by atoms with Crippen LogP contribution in [-0.4, -0.2) is 55.4 Å². The minimum absolute atomic E-state index is 0.153. The lowest BCUT2D eigenvalue weighted by Crippen LogP contribution is -2.54. The average Bonchev–Trinajstić information content (AvgIpc) is 2.67. The van der Waals surface area contributed by atoms with Gasteiger partial charge in [-0.2, -0.15) is 0 Å². The van der Waals surface area contributed by atoms with Gasteiger partial charge >= 0.3 is 5.97 Å². The largest absolute Gasteiger partial charge is 0.497 e. The number of likely N-dealkylation sites (tertiary alicyclic amines) is 1. The van der Waals surface area contributed by atoms with E-state index < -0.39 is 27.1 Å². The van der Waals surface area contributed by atoms with Gasteiger partial charge < -0.3 is 9.84 Å². The van der Waals surface area contributed by atoms with Gasteiger partial charge in [0.15, 0.2) is 9.84 Å². The first kappa shape index (κ1) is 21.1. The van der Waals surface area contributed by atoms with Crippen molar-refractivity contribution < 1.29 is 23.1 Å². The summed E-state index contributed by atoms with van der Waals surface area (Å²) in [5.41, 5.74) is 0. The molecule has 2 fully saturated rings. The normalized spacial score (nSPS) is 25.6.